The minimum Gasteiger partial charge on any atom is -0.233 e. The van der Waals surface area contributed by atoms with E-state index >= 15 is 0 Å². The van der Waals surface area contributed by atoms with E-state index in [1.54, 1.807) is 6.20 Å². The van der Waals surface area contributed by atoms with Crippen LogP contribution in [0.2, 0.25) is 5.02 Å². The summed E-state index contributed by atoms with van der Waals surface area (Å²) >= 11 is 5.86. The van der Waals surface area contributed by atoms with Gasteiger partial charge in [-0.15, -0.1) is 0 Å². The zero-order valence-electron chi connectivity index (χ0n) is 9.24. The summed E-state index contributed by atoms with van der Waals surface area (Å²) in [6.45, 7) is 4.21. The first-order valence-corrected chi connectivity index (χ1v) is 5.55. The molecule has 0 aliphatic heterocycles. The molecule has 0 fully saturated rings. The third-order valence-electron chi connectivity index (χ3n) is 2.40. The second-order valence-electron chi connectivity index (χ2n) is 3.93. The van der Waals surface area contributed by atoms with Crippen molar-refractivity contribution in [3.05, 3.63) is 47.5 Å². The quantitative estimate of drug-likeness (QED) is 0.787. The van der Waals surface area contributed by atoms with Gasteiger partial charge in [0.25, 0.3) is 0 Å². The smallest absolute Gasteiger partial charge is 0.197 e. The van der Waals surface area contributed by atoms with Crippen LogP contribution in [-0.4, -0.2) is 9.97 Å². The van der Waals surface area contributed by atoms with Gasteiger partial charge < -0.3 is 0 Å². The van der Waals surface area contributed by atoms with Crippen molar-refractivity contribution in [2.75, 3.05) is 0 Å². The van der Waals surface area contributed by atoms with Gasteiger partial charge in [-0.1, -0.05) is 37.6 Å². The van der Waals surface area contributed by atoms with Gasteiger partial charge in [0.05, 0.1) is 5.69 Å². The molecule has 0 spiro atoms. The van der Waals surface area contributed by atoms with Crippen molar-refractivity contribution in [1.82, 2.24) is 9.97 Å². The molecule has 0 aliphatic rings. The first-order chi connectivity index (χ1) is 7.68. The summed E-state index contributed by atoms with van der Waals surface area (Å²) < 4.78 is 0. The number of rotatable bonds is 2. The molecule has 0 unspecified atom stereocenters. The van der Waals surface area contributed by atoms with Gasteiger partial charge in [-0.3, -0.25) is 0 Å². The Morgan fingerprint density at radius 2 is 1.88 bits per heavy atom. The minimum atomic E-state index is 0.352. The molecule has 0 atom stereocenters. The van der Waals surface area contributed by atoms with Crippen LogP contribution in [0.25, 0.3) is 11.1 Å². The van der Waals surface area contributed by atoms with E-state index in [-0.39, 0.29) is 0 Å². The second kappa shape index (κ2) is 4.62. The maximum absolute atomic E-state index is 5.86. The monoisotopic (exact) mass is 231 g/mol. The fourth-order valence-corrected chi connectivity index (χ4v) is 1.72. The van der Waals surface area contributed by atoms with E-state index in [2.05, 4.69) is 30.1 Å². The Labute approximate surface area is 100 Å². The number of halogens is 1. The van der Waals surface area contributed by atoms with Gasteiger partial charge in [-0.25, -0.2) is 9.97 Å². The largest absolute Gasteiger partial charge is 0.233 e. The van der Waals surface area contributed by atoms with E-state index in [9.17, 15) is 0 Å². The second-order valence-corrected chi connectivity index (χ2v) is 4.37. The van der Waals surface area contributed by atoms with Crippen LogP contribution in [0.3, 0.4) is 0 Å². The molecule has 0 amide bonds. The van der Waals surface area contributed by atoms with Crippen LogP contribution in [0, 0.1) is 6.33 Å². The van der Waals surface area contributed by atoms with Crippen molar-refractivity contribution in [2.45, 2.75) is 19.8 Å². The third-order valence-corrected chi connectivity index (χ3v) is 2.65. The van der Waals surface area contributed by atoms with Gasteiger partial charge in [-0.05, 0) is 23.6 Å². The van der Waals surface area contributed by atoms with Crippen molar-refractivity contribution >= 4 is 11.6 Å². The summed E-state index contributed by atoms with van der Waals surface area (Å²) in [5.74, 6) is 0.352. The minimum absolute atomic E-state index is 0.352. The van der Waals surface area contributed by atoms with Crippen molar-refractivity contribution < 1.29 is 0 Å². The van der Waals surface area contributed by atoms with Gasteiger partial charge in [0.15, 0.2) is 6.33 Å². The third kappa shape index (κ3) is 2.22. The normalized spacial score (nSPS) is 10.8. The summed E-state index contributed by atoms with van der Waals surface area (Å²) in [5.41, 5.74) is 3.14. The zero-order valence-corrected chi connectivity index (χ0v) is 9.99. The average molecular weight is 232 g/mol. The van der Waals surface area contributed by atoms with Crippen LogP contribution in [0.1, 0.15) is 25.5 Å². The van der Waals surface area contributed by atoms with Crippen molar-refractivity contribution in [3.8, 4) is 11.1 Å². The topological polar surface area (TPSA) is 25.8 Å². The molecule has 16 heavy (non-hydrogen) atoms. The van der Waals surface area contributed by atoms with Gasteiger partial charge >= 0.3 is 0 Å². The molecule has 0 bridgehead atoms. The highest BCUT2D eigenvalue weighted by Gasteiger charge is 2.09. The fraction of sp³-hybridized carbons (Fsp3) is 0.231. The molecule has 2 aromatic rings. The SMILES string of the molecule is CC(C)c1n[c]ncc1-c1ccc(Cl)cc1. The Morgan fingerprint density at radius 1 is 1.19 bits per heavy atom. The molecule has 81 valence electrons. The molecule has 2 nitrogen and oxygen atoms in total. The summed E-state index contributed by atoms with van der Waals surface area (Å²) in [4.78, 5) is 8.17. The van der Waals surface area contributed by atoms with Crippen LogP contribution in [0.15, 0.2) is 30.5 Å². The van der Waals surface area contributed by atoms with Gasteiger partial charge in [0.1, 0.15) is 0 Å². The van der Waals surface area contributed by atoms with Gasteiger partial charge in [-0.2, -0.15) is 0 Å². The highest BCUT2D eigenvalue weighted by Crippen LogP contribution is 2.27. The maximum atomic E-state index is 5.86. The van der Waals surface area contributed by atoms with Crippen molar-refractivity contribution in [1.29, 1.82) is 0 Å². The molecular formula is C13H12ClN2. The highest BCUT2D eigenvalue weighted by molar-refractivity contribution is 6.30. The molecule has 0 aliphatic carbocycles. The van der Waals surface area contributed by atoms with Gasteiger partial charge in [0.2, 0.25) is 0 Å². The maximum Gasteiger partial charge on any atom is 0.197 e. The van der Waals surface area contributed by atoms with Crippen LogP contribution >= 0.6 is 11.6 Å². The first-order valence-electron chi connectivity index (χ1n) is 5.17. The molecule has 2 rings (SSSR count). The lowest BCUT2D eigenvalue weighted by Crippen LogP contribution is -1.97. The van der Waals surface area contributed by atoms with E-state index in [4.69, 9.17) is 11.6 Å². The lowest BCUT2D eigenvalue weighted by Gasteiger charge is -2.10. The summed E-state index contributed by atoms with van der Waals surface area (Å²) in [5, 5.41) is 0.734. The van der Waals surface area contributed by atoms with Crippen LogP contribution in [0.4, 0.5) is 0 Å². The summed E-state index contributed by atoms with van der Waals surface area (Å²) in [6.07, 6.45) is 4.43. The standard InChI is InChI=1S/C13H12ClN2/c1-9(2)13-12(7-15-8-16-13)10-3-5-11(14)6-4-10/h3-7,9H,1-2H3. The van der Waals surface area contributed by atoms with E-state index in [1.807, 2.05) is 24.3 Å². The Morgan fingerprint density at radius 3 is 2.50 bits per heavy atom. The Hall–Kier alpha value is -1.41. The predicted molar refractivity (Wildman–Crippen MR) is 65.4 cm³/mol. The highest BCUT2D eigenvalue weighted by atomic mass is 35.5. The first kappa shape index (κ1) is 11.1. The molecule has 1 radical (unpaired) electrons. The Kier molecular flexibility index (Phi) is 3.20. The Bertz CT molecular complexity index is 478. The molecular weight excluding hydrogens is 220 g/mol. The number of benzene rings is 1. The van der Waals surface area contributed by atoms with E-state index in [0.717, 1.165) is 21.8 Å². The zero-order chi connectivity index (χ0) is 11.5. The van der Waals surface area contributed by atoms with Crippen molar-refractivity contribution in [2.24, 2.45) is 0 Å². The fourth-order valence-electron chi connectivity index (χ4n) is 1.59. The predicted octanol–water partition coefficient (Wildman–Crippen LogP) is 3.72. The molecule has 0 saturated heterocycles. The van der Waals surface area contributed by atoms with Crippen LogP contribution in [-0.2, 0) is 0 Å². The number of hydrogen-bond donors (Lipinski definition) is 0. The molecule has 0 saturated carbocycles. The lowest BCUT2D eigenvalue weighted by atomic mass is 9.99. The van der Waals surface area contributed by atoms with Crippen LogP contribution in [0.5, 0.6) is 0 Å². The van der Waals surface area contributed by atoms with Crippen molar-refractivity contribution in [3.63, 3.8) is 0 Å². The van der Waals surface area contributed by atoms with E-state index < -0.39 is 0 Å². The Balaban J connectivity index is 2.51. The number of nitrogens with zero attached hydrogens (tertiary/aromatic N) is 2. The molecule has 1 aromatic carbocycles. The summed E-state index contributed by atoms with van der Waals surface area (Å²) in [7, 11) is 0. The summed E-state index contributed by atoms with van der Waals surface area (Å²) in [6, 6.07) is 7.70. The average Bonchev–Trinajstić information content (AvgIpc) is 2.30. The van der Waals surface area contributed by atoms with E-state index in [0.29, 0.717) is 5.92 Å². The molecule has 1 heterocycles. The van der Waals surface area contributed by atoms with Crippen LogP contribution < -0.4 is 0 Å². The number of hydrogen-bond acceptors (Lipinski definition) is 2. The molecule has 3 heteroatoms. The molecule has 0 N–H and O–H groups in total. The number of aromatic nitrogens is 2. The van der Waals surface area contributed by atoms with Gasteiger partial charge in [0, 0.05) is 16.8 Å². The molecule has 1 aromatic heterocycles. The van der Waals surface area contributed by atoms with E-state index in [1.165, 1.54) is 0 Å². The lowest BCUT2D eigenvalue weighted by molar-refractivity contribution is 0.815.